The molecule has 0 fully saturated rings. The molecule has 0 bridgehead atoms. The quantitative estimate of drug-likeness (QED) is 0.183. The van der Waals surface area contributed by atoms with Gasteiger partial charge >= 0.3 is 0 Å². The first kappa shape index (κ1) is 32.0. The number of amidine groups is 2. The molecule has 5 nitrogen and oxygen atoms in total. The molecule has 264 valence electrons. The zero-order chi connectivity index (χ0) is 37.0. The van der Waals surface area contributed by atoms with Crippen molar-refractivity contribution in [2.75, 3.05) is 0 Å². The second kappa shape index (κ2) is 13.1. The fraction of sp³-hybridized carbons (Fsp3) is 0.0196. The minimum Gasteiger partial charge on any atom is -0.324 e. The van der Waals surface area contributed by atoms with Gasteiger partial charge in [-0.1, -0.05) is 152 Å². The largest absolute Gasteiger partial charge is 0.324 e. The zero-order valence-electron chi connectivity index (χ0n) is 30.4. The number of aromatic nitrogens is 2. The molecule has 0 aliphatic carbocycles. The van der Waals surface area contributed by atoms with E-state index in [2.05, 4.69) is 209 Å². The molecule has 8 aromatic carbocycles. The molecule has 0 spiro atoms. The number of aliphatic imine (C=N–C) groups is 2. The predicted molar refractivity (Wildman–Crippen MR) is 232 cm³/mol. The van der Waals surface area contributed by atoms with Gasteiger partial charge in [0.25, 0.3) is 0 Å². The first-order valence-electron chi connectivity index (χ1n) is 19.0. The molecule has 10 aromatic rings. The van der Waals surface area contributed by atoms with Crippen LogP contribution in [0.25, 0.3) is 66.1 Å². The van der Waals surface area contributed by atoms with E-state index in [-0.39, 0.29) is 0 Å². The number of hydrogen-bond donors (Lipinski definition) is 1. The summed E-state index contributed by atoms with van der Waals surface area (Å²) in [7, 11) is 0. The van der Waals surface area contributed by atoms with Crippen molar-refractivity contribution >= 4 is 55.3 Å². The molecule has 5 heteroatoms. The zero-order valence-corrected chi connectivity index (χ0v) is 30.4. The summed E-state index contributed by atoms with van der Waals surface area (Å²) in [5.41, 5.74) is 12.3. The van der Waals surface area contributed by atoms with E-state index in [0.29, 0.717) is 0 Å². The highest BCUT2D eigenvalue weighted by atomic mass is 15.2. The number of nitrogens with zero attached hydrogens (tertiary/aromatic N) is 4. The van der Waals surface area contributed by atoms with E-state index in [9.17, 15) is 0 Å². The fourth-order valence-corrected chi connectivity index (χ4v) is 8.44. The molecule has 1 N–H and O–H groups in total. The third-order valence-corrected chi connectivity index (χ3v) is 11.0. The van der Waals surface area contributed by atoms with Crippen LogP contribution in [0.1, 0.15) is 22.9 Å². The van der Waals surface area contributed by atoms with E-state index in [0.717, 1.165) is 67.3 Å². The lowest BCUT2D eigenvalue weighted by atomic mass is 10.0. The molecule has 11 rings (SSSR count). The van der Waals surface area contributed by atoms with Crippen molar-refractivity contribution < 1.29 is 0 Å². The molecule has 2 aromatic heterocycles. The highest BCUT2D eigenvalue weighted by molar-refractivity contribution is 6.17. The van der Waals surface area contributed by atoms with Crippen LogP contribution in [0.5, 0.6) is 0 Å². The Labute approximate surface area is 324 Å². The van der Waals surface area contributed by atoms with E-state index in [4.69, 9.17) is 9.98 Å². The fourth-order valence-electron chi connectivity index (χ4n) is 8.44. The van der Waals surface area contributed by atoms with Crippen molar-refractivity contribution in [2.45, 2.75) is 6.17 Å². The van der Waals surface area contributed by atoms with Gasteiger partial charge in [0.15, 0.2) is 6.17 Å². The van der Waals surface area contributed by atoms with Crippen LogP contribution in [-0.2, 0) is 0 Å². The normalized spacial score (nSPS) is 14.2. The smallest absolute Gasteiger partial charge is 0.170 e. The van der Waals surface area contributed by atoms with Crippen molar-refractivity contribution in [3.8, 4) is 22.5 Å². The van der Waals surface area contributed by atoms with Gasteiger partial charge < -0.3 is 14.5 Å². The van der Waals surface area contributed by atoms with Crippen LogP contribution in [-0.4, -0.2) is 20.8 Å². The number of para-hydroxylation sites is 4. The average molecular weight is 718 g/mol. The molecule has 1 atom stereocenters. The molecule has 0 saturated carbocycles. The molecule has 0 amide bonds. The van der Waals surface area contributed by atoms with Gasteiger partial charge in [0.05, 0.1) is 22.1 Å². The molecule has 1 unspecified atom stereocenters. The average Bonchev–Trinajstić information content (AvgIpc) is 3.80. The maximum absolute atomic E-state index is 5.35. The highest BCUT2D eigenvalue weighted by Gasteiger charge is 2.25. The number of fused-ring (bicyclic) bond motifs is 6. The number of nitrogens with one attached hydrogen (secondary N) is 1. The highest BCUT2D eigenvalue weighted by Crippen LogP contribution is 2.39. The number of benzene rings is 8. The summed E-state index contributed by atoms with van der Waals surface area (Å²) in [6.45, 7) is 0. The minimum atomic E-state index is -0.456. The van der Waals surface area contributed by atoms with E-state index in [1.807, 2.05) is 6.07 Å². The predicted octanol–water partition coefficient (Wildman–Crippen LogP) is 12.0. The van der Waals surface area contributed by atoms with Crippen LogP contribution in [0.15, 0.2) is 210 Å². The first-order chi connectivity index (χ1) is 27.8. The SMILES string of the molecule is c1ccc(C2=NC(c3cccc4c3c3ccccc3n4-c3ccccc3)N=C(c3ccc(-c4cccc(-n5c6ccccc6c6ccccc65)c4)cc3)N2)cc1. The molecular formula is C51H35N5. The van der Waals surface area contributed by atoms with Crippen LogP contribution in [0.4, 0.5) is 0 Å². The van der Waals surface area contributed by atoms with Gasteiger partial charge in [-0.2, -0.15) is 0 Å². The van der Waals surface area contributed by atoms with Gasteiger partial charge in [0.1, 0.15) is 11.7 Å². The maximum atomic E-state index is 5.35. The Balaban J connectivity index is 1.01. The summed E-state index contributed by atoms with van der Waals surface area (Å²) >= 11 is 0. The molecule has 0 saturated heterocycles. The van der Waals surface area contributed by atoms with E-state index in [1.54, 1.807) is 0 Å². The second-order valence-corrected chi connectivity index (χ2v) is 14.2. The summed E-state index contributed by atoms with van der Waals surface area (Å²) < 4.78 is 4.71. The number of rotatable bonds is 6. The summed E-state index contributed by atoms with van der Waals surface area (Å²) in [5.74, 6) is 1.59. The monoisotopic (exact) mass is 717 g/mol. The Kier molecular flexibility index (Phi) is 7.49. The van der Waals surface area contributed by atoms with Crippen molar-refractivity contribution in [3.05, 3.63) is 217 Å². The van der Waals surface area contributed by atoms with E-state index >= 15 is 0 Å². The number of hydrogen-bond acceptors (Lipinski definition) is 3. The summed E-state index contributed by atoms with van der Waals surface area (Å²) in [5, 5.41) is 8.48. The van der Waals surface area contributed by atoms with Crippen LogP contribution in [0.3, 0.4) is 0 Å². The van der Waals surface area contributed by atoms with Crippen LogP contribution < -0.4 is 5.32 Å². The van der Waals surface area contributed by atoms with Crippen molar-refractivity contribution in [3.63, 3.8) is 0 Å². The lowest BCUT2D eigenvalue weighted by molar-refractivity contribution is 0.762. The van der Waals surface area contributed by atoms with Crippen molar-refractivity contribution in [1.82, 2.24) is 14.5 Å². The van der Waals surface area contributed by atoms with Gasteiger partial charge in [0, 0.05) is 49.6 Å². The van der Waals surface area contributed by atoms with Crippen molar-refractivity contribution in [2.24, 2.45) is 9.98 Å². The third-order valence-electron chi connectivity index (χ3n) is 11.0. The van der Waals surface area contributed by atoms with Gasteiger partial charge in [-0.25, -0.2) is 9.98 Å². The van der Waals surface area contributed by atoms with Crippen LogP contribution >= 0.6 is 0 Å². The Hall–Kier alpha value is -7.50. The third kappa shape index (κ3) is 5.24. The Morgan fingerprint density at radius 3 is 1.50 bits per heavy atom. The summed E-state index contributed by atoms with van der Waals surface area (Å²) in [4.78, 5) is 10.6. The Morgan fingerprint density at radius 2 is 0.821 bits per heavy atom. The van der Waals surface area contributed by atoms with Gasteiger partial charge in [-0.05, 0) is 59.7 Å². The van der Waals surface area contributed by atoms with Crippen LogP contribution in [0.2, 0.25) is 0 Å². The standard InChI is InChI=1S/C51H35N5/c1-3-15-35(16-4-1)49-52-50(54-51(53-49)43-24-14-28-47-48(43)42-23-9-12-27-46(42)55(47)38-18-5-2-6-19-38)36-31-29-34(30-32-36)37-17-13-20-39(33-37)56-44-25-10-7-21-40(44)41-22-8-11-26-45(41)56/h1-33,51H,(H,52,53,54). The first-order valence-corrected chi connectivity index (χ1v) is 19.0. The van der Waals surface area contributed by atoms with Crippen LogP contribution in [0, 0.1) is 0 Å². The molecule has 56 heavy (non-hydrogen) atoms. The Bertz CT molecular complexity index is 3100. The summed E-state index contributed by atoms with van der Waals surface area (Å²) in [6, 6.07) is 70.9. The van der Waals surface area contributed by atoms with E-state index in [1.165, 1.54) is 27.2 Å². The second-order valence-electron chi connectivity index (χ2n) is 14.2. The molecule has 1 aliphatic heterocycles. The lowest BCUT2D eigenvalue weighted by Crippen LogP contribution is -2.36. The van der Waals surface area contributed by atoms with Crippen molar-refractivity contribution in [1.29, 1.82) is 0 Å². The van der Waals surface area contributed by atoms with Gasteiger partial charge in [0.2, 0.25) is 0 Å². The Morgan fingerprint density at radius 1 is 0.357 bits per heavy atom. The van der Waals surface area contributed by atoms with Gasteiger partial charge in [-0.3, -0.25) is 0 Å². The molecule has 0 radical (unpaired) electrons. The molecular weight excluding hydrogens is 683 g/mol. The van der Waals surface area contributed by atoms with E-state index < -0.39 is 6.17 Å². The summed E-state index contributed by atoms with van der Waals surface area (Å²) in [6.07, 6.45) is -0.456. The maximum Gasteiger partial charge on any atom is 0.170 e. The molecule has 1 aliphatic rings. The minimum absolute atomic E-state index is 0.456. The topological polar surface area (TPSA) is 46.6 Å². The molecule has 3 heterocycles. The van der Waals surface area contributed by atoms with Gasteiger partial charge in [-0.15, -0.1) is 0 Å². The lowest BCUT2D eigenvalue weighted by Gasteiger charge is -2.23.